The van der Waals surface area contributed by atoms with Crippen LogP contribution in [-0.4, -0.2) is 56.1 Å². The van der Waals surface area contributed by atoms with Crippen LogP contribution >= 0.6 is 0 Å². The first kappa shape index (κ1) is 19.2. The highest BCUT2D eigenvalue weighted by Crippen LogP contribution is 2.28. The molecule has 2 aromatic rings. The fourth-order valence-electron chi connectivity index (χ4n) is 3.44. The van der Waals surface area contributed by atoms with E-state index in [0.717, 1.165) is 38.3 Å². The van der Waals surface area contributed by atoms with Crippen LogP contribution in [0.25, 0.3) is 0 Å². The minimum absolute atomic E-state index is 0.226. The van der Waals surface area contributed by atoms with Gasteiger partial charge < -0.3 is 14.4 Å². The van der Waals surface area contributed by atoms with Crippen LogP contribution in [0, 0.1) is 0 Å². The summed E-state index contributed by atoms with van der Waals surface area (Å²) in [7, 11) is 3.25. The Bertz CT molecular complexity index is 740. The van der Waals surface area contributed by atoms with Gasteiger partial charge in [-0.25, -0.2) is 0 Å². The fraction of sp³-hybridized carbons (Fsp3) is 0.409. The van der Waals surface area contributed by atoms with E-state index in [2.05, 4.69) is 29.2 Å². The van der Waals surface area contributed by atoms with E-state index in [4.69, 9.17) is 9.47 Å². The Morgan fingerprint density at radius 3 is 2.26 bits per heavy atom. The van der Waals surface area contributed by atoms with E-state index >= 15 is 0 Å². The maximum Gasteiger partial charge on any atom is 0.222 e. The highest BCUT2D eigenvalue weighted by molar-refractivity contribution is 5.76. The third-order valence-corrected chi connectivity index (χ3v) is 5.05. The van der Waals surface area contributed by atoms with Gasteiger partial charge in [0.2, 0.25) is 5.91 Å². The largest absolute Gasteiger partial charge is 0.493 e. The predicted octanol–water partition coefficient (Wildman–Crippen LogP) is 2.98. The highest BCUT2D eigenvalue weighted by atomic mass is 16.5. The summed E-state index contributed by atoms with van der Waals surface area (Å²) in [5.74, 6) is 1.64. The molecule has 0 aliphatic carbocycles. The van der Waals surface area contributed by atoms with Gasteiger partial charge in [0.1, 0.15) is 0 Å². The fourth-order valence-corrected chi connectivity index (χ4v) is 3.44. The van der Waals surface area contributed by atoms with Gasteiger partial charge >= 0.3 is 0 Å². The third kappa shape index (κ3) is 5.23. The second-order valence-corrected chi connectivity index (χ2v) is 6.83. The van der Waals surface area contributed by atoms with Crippen molar-refractivity contribution in [1.82, 2.24) is 9.80 Å². The Morgan fingerprint density at radius 2 is 1.59 bits per heavy atom. The molecule has 1 fully saturated rings. The zero-order valence-electron chi connectivity index (χ0n) is 16.2. The zero-order valence-corrected chi connectivity index (χ0v) is 16.2. The van der Waals surface area contributed by atoms with E-state index in [-0.39, 0.29) is 5.91 Å². The lowest BCUT2D eigenvalue weighted by molar-refractivity contribution is -0.133. The van der Waals surface area contributed by atoms with Gasteiger partial charge in [0.25, 0.3) is 0 Å². The van der Waals surface area contributed by atoms with Crippen LogP contribution in [0.5, 0.6) is 11.5 Å². The monoisotopic (exact) mass is 368 g/mol. The Morgan fingerprint density at radius 1 is 0.889 bits per heavy atom. The molecule has 0 bridgehead atoms. The molecule has 0 atom stereocenters. The smallest absolute Gasteiger partial charge is 0.222 e. The van der Waals surface area contributed by atoms with Gasteiger partial charge in [0.15, 0.2) is 11.5 Å². The molecule has 2 aromatic carbocycles. The predicted molar refractivity (Wildman–Crippen MR) is 106 cm³/mol. The van der Waals surface area contributed by atoms with Crippen LogP contribution in [0.1, 0.15) is 17.5 Å². The van der Waals surface area contributed by atoms with Gasteiger partial charge in [-0.2, -0.15) is 0 Å². The summed E-state index contributed by atoms with van der Waals surface area (Å²) < 4.78 is 10.6. The maximum absolute atomic E-state index is 12.6. The first-order valence-electron chi connectivity index (χ1n) is 9.44. The SMILES string of the molecule is COc1ccc(CCC(=O)N2CCN(Cc3ccccc3)CC2)cc1OC. The summed E-state index contributed by atoms with van der Waals surface area (Å²) in [6.07, 6.45) is 1.23. The van der Waals surface area contributed by atoms with E-state index in [1.54, 1.807) is 14.2 Å². The lowest BCUT2D eigenvalue weighted by atomic mass is 10.1. The van der Waals surface area contributed by atoms with Crippen LogP contribution in [0.2, 0.25) is 0 Å². The molecular weight excluding hydrogens is 340 g/mol. The molecule has 1 aliphatic heterocycles. The number of aryl methyl sites for hydroxylation is 1. The summed E-state index contributed by atoms with van der Waals surface area (Å²) in [6, 6.07) is 16.3. The van der Waals surface area contributed by atoms with Crippen molar-refractivity contribution in [1.29, 1.82) is 0 Å². The normalized spacial score (nSPS) is 14.8. The van der Waals surface area contributed by atoms with E-state index in [1.165, 1.54) is 5.56 Å². The van der Waals surface area contributed by atoms with Gasteiger partial charge in [0, 0.05) is 39.1 Å². The number of methoxy groups -OCH3 is 2. The highest BCUT2D eigenvalue weighted by Gasteiger charge is 2.21. The minimum atomic E-state index is 0.226. The summed E-state index contributed by atoms with van der Waals surface area (Å²) >= 11 is 0. The Hall–Kier alpha value is -2.53. The quantitative estimate of drug-likeness (QED) is 0.754. The molecule has 0 unspecified atom stereocenters. The van der Waals surface area contributed by atoms with Crippen molar-refractivity contribution in [2.45, 2.75) is 19.4 Å². The van der Waals surface area contributed by atoms with Gasteiger partial charge in [-0.05, 0) is 29.7 Å². The van der Waals surface area contributed by atoms with Crippen LogP contribution in [-0.2, 0) is 17.8 Å². The molecule has 1 heterocycles. The molecule has 0 aromatic heterocycles. The second-order valence-electron chi connectivity index (χ2n) is 6.83. The number of hydrogen-bond donors (Lipinski definition) is 0. The van der Waals surface area contributed by atoms with E-state index in [1.807, 2.05) is 29.2 Å². The molecule has 0 N–H and O–H groups in total. The van der Waals surface area contributed by atoms with Crippen LogP contribution in [0.15, 0.2) is 48.5 Å². The molecule has 3 rings (SSSR count). The van der Waals surface area contributed by atoms with Crippen molar-refractivity contribution in [2.75, 3.05) is 40.4 Å². The topological polar surface area (TPSA) is 42.0 Å². The average Bonchev–Trinajstić information content (AvgIpc) is 2.73. The Kier molecular flexibility index (Phi) is 6.71. The molecule has 5 nitrogen and oxygen atoms in total. The van der Waals surface area contributed by atoms with Crippen LogP contribution in [0.4, 0.5) is 0 Å². The number of ether oxygens (including phenoxy) is 2. The molecule has 0 spiro atoms. The molecule has 0 saturated carbocycles. The van der Waals surface area contributed by atoms with Gasteiger partial charge in [-0.3, -0.25) is 9.69 Å². The molecular formula is C22H28N2O3. The third-order valence-electron chi connectivity index (χ3n) is 5.05. The lowest BCUT2D eigenvalue weighted by Gasteiger charge is -2.34. The van der Waals surface area contributed by atoms with Crippen molar-refractivity contribution in [3.8, 4) is 11.5 Å². The van der Waals surface area contributed by atoms with Crippen molar-refractivity contribution in [2.24, 2.45) is 0 Å². The molecule has 1 saturated heterocycles. The van der Waals surface area contributed by atoms with Crippen molar-refractivity contribution < 1.29 is 14.3 Å². The number of hydrogen-bond acceptors (Lipinski definition) is 4. The molecule has 5 heteroatoms. The van der Waals surface area contributed by atoms with E-state index in [9.17, 15) is 4.79 Å². The zero-order chi connectivity index (χ0) is 19.1. The van der Waals surface area contributed by atoms with E-state index in [0.29, 0.717) is 24.3 Å². The summed E-state index contributed by atoms with van der Waals surface area (Å²) in [6.45, 7) is 4.41. The molecule has 1 aliphatic rings. The van der Waals surface area contributed by atoms with Gasteiger partial charge in [0.05, 0.1) is 14.2 Å². The Labute approximate surface area is 161 Å². The molecule has 1 amide bonds. The number of rotatable bonds is 7. The van der Waals surface area contributed by atoms with Crippen molar-refractivity contribution in [3.05, 3.63) is 59.7 Å². The lowest BCUT2D eigenvalue weighted by Crippen LogP contribution is -2.48. The standard InChI is InChI=1S/C22H28N2O3/c1-26-20-10-8-18(16-21(20)27-2)9-11-22(25)24-14-12-23(13-15-24)17-19-6-4-3-5-7-19/h3-8,10,16H,9,11-15,17H2,1-2H3. The first-order valence-corrected chi connectivity index (χ1v) is 9.44. The minimum Gasteiger partial charge on any atom is -0.493 e. The number of carbonyl (C=O) groups excluding carboxylic acids is 1. The van der Waals surface area contributed by atoms with Crippen LogP contribution in [0.3, 0.4) is 0 Å². The summed E-state index contributed by atoms with van der Waals surface area (Å²) in [5.41, 5.74) is 2.41. The maximum atomic E-state index is 12.6. The Balaban J connectivity index is 1.46. The average molecular weight is 368 g/mol. The van der Waals surface area contributed by atoms with Gasteiger partial charge in [-0.1, -0.05) is 36.4 Å². The summed E-state index contributed by atoms with van der Waals surface area (Å²) in [5, 5.41) is 0. The number of piperazine rings is 1. The van der Waals surface area contributed by atoms with Crippen LogP contribution < -0.4 is 9.47 Å². The molecule has 144 valence electrons. The second kappa shape index (κ2) is 9.42. The summed E-state index contributed by atoms with van der Waals surface area (Å²) in [4.78, 5) is 17.0. The molecule has 0 radical (unpaired) electrons. The van der Waals surface area contributed by atoms with Crippen molar-refractivity contribution in [3.63, 3.8) is 0 Å². The van der Waals surface area contributed by atoms with Gasteiger partial charge in [-0.15, -0.1) is 0 Å². The number of nitrogens with zero attached hydrogens (tertiary/aromatic N) is 2. The molecule has 27 heavy (non-hydrogen) atoms. The number of carbonyl (C=O) groups is 1. The first-order chi connectivity index (χ1) is 13.2. The van der Waals surface area contributed by atoms with Crippen molar-refractivity contribution >= 4 is 5.91 Å². The number of amides is 1. The van der Waals surface area contributed by atoms with E-state index < -0.39 is 0 Å². The number of benzene rings is 2.